The number of nitrogens with zero attached hydrogens (tertiary/aromatic N) is 3. The fourth-order valence-electron chi connectivity index (χ4n) is 2.30. The highest BCUT2D eigenvalue weighted by Crippen LogP contribution is 2.22. The minimum absolute atomic E-state index is 0.0402. The van der Waals surface area contributed by atoms with Gasteiger partial charge in [0.1, 0.15) is 0 Å². The fourth-order valence-corrected chi connectivity index (χ4v) is 2.77. The Balaban J connectivity index is 1.67. The van der Waals surface area contributed by atoms with Crippen LogP contribution in [-0.4, -0.2) is 21.8 Å². The number of aliphatic imine (C=N–C) groups is 1. The lowest BCUT2D eigenvalue weighted by Crippen LogP contribution is -2.07. The van der Waals surface area contributed by atoms with E-state index in [4.69, 9.17) is 23.2 Å². The number of rotatable bonds is 3. The van der Waals surface area contributed by atoms with Crippen molar-refractivity contribution in [1.82, 2.24) is 10.2 Å². The standard InChI is InChI=1S/C18H13Cl2N3O/c19-14-6-3-13(16(20)11-14)10-18(24)22-15-7-4-12(5-8-15)17-2-1-9-21-23-17/h1-9,11-12H,10H2. The first-order valence-electron chi connectivity index (χ1n) is 7.31. The number of hydrogen-bond donors (Lipinski definition) is 0. The molecule has 120 valence electrons. The summed E-state index contributed by atoms with van der Waals surface area (Å²) in [5, 5.41) is 8.94. The Bertz CT molecular complexity index is 829. The first-order chi connectivity index (χ1) is 11.6. The molecule has 0 atom stereocenters. The predicted molar refractivity (Wildman–Crippen MR) is 95.7 cm³/mol. The molecule has 0 radical (unpaired) electrons. The smallest absolute Gasteiger partial charge is 0.250 e. The SMILES string of the molecule is O=C(Cc1ccc(Cl)cc1Cl)N=C1C=CC(c2cccnn2)C=C1. The maximum Gasteiger partial charge on any atom is 0.250 e. The molecule has 0 aliphatic heterocycles. The van der Waals surface area contributed by atoms with Crippen molar-refractivity contribution < 1.29 is 4.79 Å². The highest BCUT2D eigenvalue weighted by molar-refractivity contribution is 6.35. The second-order valence-corrected chi connectivity index (χ2v) is 6.08. The molecule has 0 fully saturated rings. The Labute approximate surface area is 149 Å². The van der Waals surface area contributed by atoms with E-state index in [1.165, 1.54) is 0 Å². The molecule has 2 aromatic rings. The van der Waals surface area contributed by atoms with Gasteiger partial charge in [0, 0.05) is 22.2 Å². The van der Waals surface area contributed by atoms with Gasteiger partial charge in [-0.1, -0.05) is 41.4 Å². The molecule has 6 heteroatoms. The van der Waals surface area contributed by atoms with Gasteiger partial charge in [0.15, 0.2) is 0 Å². The molecule has 1 heterocycles. The van der Waals surface area contributed by atoms with Crippen molar-refractivity contribution in [3.63, 3.8) is 0 Å². The van der Waals surface area contributed by atoms with Gasteiger partial charge in [0.2, 0.25) is 0 Å². The zero-order chi connectivity index (χ0) is 16.9. The van der Waals surface area contributed by atoms with Gasteiger partial charge in [0.05, 0.1) is 17.8 Å². The van der Waals surface area contributed by atoms with Crippen molar-refractivity contribution in [3.8, 4) is 0 Å². The third kappa shape index (κ3) is 4.16. The molecule has 0 spiro atoms. The molecule has 0 unspecified atom stereocenters. The molecule has 0 N–H and O–H groups in total. The predicted octanol–water partition coefficient (Wildman–Crippen LogP) is 4.20. The molecular weight excluding hydrogens is 345 g/mol. The third-order valence-electron chi connectivity index (χ3n) is 3.49. The van der Waals surface area contributed by atoms with E-state index < -0.39 is 0 Å². The molecule has 24 heavy (non-hydrogen) atoms. The van der Waals surface area contributed by atoms with E-state index in [1.807, 2.05) is 24.3 Å². The van der Waals surface area contributed by atoms with Gasteiger partial charge in [-0.05, 0) is 42.0 Å². The molecular formula is C18H13Cl2N3O. The lowest BCUT2D eigenvalue weighted by molar-refractivity contribution is -0.117. The van der Waals surface area contributed by atoms with Crippen molar-refractivity contribution in [2.45, 2.75) is 12.3 Å². The first kappa shape index (κ1) is 16.6. The molecule has 4 nitrogen and oxygen atoms in total. The number of amides is 1. The van der Waals surface area contributed by atoms with Crippen LogP contribution in [-0.2, 0) is 11.2 Å². The number of hydrogen-bond acceptors (Lipinski definition) is 3. The van der Waals surface area contributed by atoms with Gasteiger partial charge >= 0.3 is 0 Å². The van der Waals surface area contributed by atoms with Gasteiger partial charge in [-0.25, -0.2) is 4.99 Å². The Morgan fingerprint density at radius 3 is 2.62 bits per heavy atom. The van der Waals surface area contributed by atoms with Crippen molar-refractivity contribution in [2.24, 2.45) is 4.99 Å². The van der Waals surface area contributed by atoms with Gasteiger partial charge in [-0.2, -0.15) is 10.2 Å². The van der Waals surface area contributed by atoms with E-state index in [1.54, 1.807) is 36.5 Å². The zero-order valence-electron chi connectivity index (χ0n) is 12.6. The highest BCUT2D eigenvalue weighted by Gasteiger charge is 2.12. The number of carbonyl (C=O) groups is 1. The molecule has 0 bridgehead atoms. The summed E-state index contributed by atoms with van der Waals surface area (Å²) >= 11 is 11.9. The Morgan fingerprint density at radius 1 is 1.17 bits per heavy atom. The quantitative estimate of drug-likeness (QED) is 0.826. The molecule has 3 rings (SSSR count). The second kappa shape index (κ2) is 7.51. The summed E-state index contributed by atoms with van der Waals surface area (Å²) < 4.78 is 0. The maximum atomic E-state index is 12.1. The van der Waals surface area contributed by atoms with E-state index in [0.29, 0.717) is 21.3 Å². The van der Waals surface area contributed by atoms with Crippen LogP contribution in [0.3, 0.4) is 0 Å². The average Bonchev–Trinajstić information content (AvgIpc) is 2.59. The summed E-state index contributed by atoms with van der Waals surface area (Å²) in [6, 6.07) is 8.80. The topological polar surface area (TPSA) is 55.2 Å². The van der Waals surface area contributed by atoms with Crippen LogP contribution < -0.4 is 0 Å². The maximum absolute atomic E-state index is 12.1. The van der Waals surface area contributed by atoms with Crippen LogP contribution in [0.2, 0.25) is 10.0 Å². The summed E-state index contributed by atoms with van der Waals surface area (Å²) in [7, 11) is 0. The van der Waals surface area contributed by atoms with E-state index in [9.17, 15) is 4.79 Å². The van der Waals surface area contributed by atoms with Crippen molar-refractivity contribution in [2.75, 3.05) is 0 Å². The largest absolute Gasteiger partial charge is 0.272 e. The Hall–Kier alpha value is -2.30. The van der Waals surface area contributed by atoms with Gasteiger partial charge in [0.25, 0.3) is 5.91 Å². The number of carbonyl (C=O) groups excluding carboxylic acids is 1. The number of benzene rings is 1. The molecule has 1 amide bonds. The van der Waals surface area contributed by atoms with Crippen LogP contribution in [0, 0.1) is 0 Å². The minimum Gasteiger partial charge on any atom is -0.272 e. The highest BCUT2D eigenvalue weighted by atomic mass is 35.5. The molecule has 1 aliphatic carbocycles. The fraction of sp³-hybridized carbons (Fsp3) is 0.111. The van der Waals surface area contributed by atoms with Crippen LogP contribution >= 0.6 is 23.2 Å². The Kier molecular flexibility index (Phi) is 5.18. The molecule has 1 aliphatic rings. The summed E-state index contributed by atoms with van der Waals surface area (Å²) in [4.78, 5) is 16.2. The van der Waals surface area contributed by atoms with Gasteiger partial charge in [-0.15, -0.1) is 0 Å². The van der Waals surface area contributed by atoms with Crippen molar-refractivity contribution >= 4 is 34.8 Å². The van der Waals surface area contributed by atoms with E-state index in [2.05, 4.69) is 15.2 Å². The monoisotopic (exact) mass is 357 g/mol. The number of aromatic nitrogens is 2. The summed E-state index contributed by atoms with van der Waals surface area (Å²) in [5.41, 5.74) is 2.16. The first-order valence-corrected chi connectivity index (χ1v) is 8.07. The second-order valence-electron chi connectivity index (χ2n) is 5.24. The lowest BCUT2D eigenvalue weighted by Gasteiger charge is -2.10. The van der Waals surface area contributed by atoms with E-state index in [-0.39, 0.29) is 18.2 Å². The molecule has 1 aromatic heterocycles. The van der Waals surface area contributed by atoms with Crippen molar-refractivity contribution in [3.05, 3.63) is 82.1 Å². The van der Waals surface area contributed by atoms with Gasteiger partial charge in [-0.3, -0.25) is 4.79 Å². The minimum atomic E-state index is -0.263. The van der Waals surface area contributed by atoms with Gasteiger partial charge < -0.3 is 0 Å². The van der Waals surface area contributed by atoms with E-state index in [0.717, 1.165) is 5.69 Å². The normalized spacial score (nSPS) is 16.2. The average molecular weight is 358 g/mol. The van der Waals surface area contributed by atoms with Crippen LogP contribution in [0.5, 0.6) is 0 Å². The molecule has 1 aromatic carbocycles. The third-order valence-corrected chi connectivity index (χ3v) is 4.08. The molecule has 0 saturated heterocycles. The zero-order valence-corrected chi connectivity index (χ0v) is 14.1. The van der Waals surface area contributed by atoms with E-state index >= 15 is 0 Å². The van der Waals surface area contributed by atoms with Crippen LogP contribution in [0.25, 0.3) is 0 Å². The molecule has 0 saturated carbocycles. The number of allylic oxidation sites excluding steroid dienone is 4. The Morgan fingerprint density at radius 2 is 1.96 bits per heavy atom. The van der Waals surface area contributed by atoms with Crippen LogP contribution in [0.4, 0.5) is 0 Å². The van der Waals surface area contributed by atoms with Crippen LogP contribution in [0.1, 0.15) is 17.2 Å². The summed E-state index contributed by atoms with van der Waals surface area (Å²) in [6.07, 6.45) is 9.25. The summed E-state index contributed by atoms with van der Waals surface area (Å²) in [6.45, 7) is 0. The van der Waals surface area contributed by atoms with Crippen LogP contribution in [0.15, 0.2) is 65.8 Å². The lowest BCUT2D eigenvalue weighted by atomic mass is 9.99. The number of halogens is 2. The summed E-state index contributed by atoms with van der Waals surface area (Å²) in [5.74, 6) is -0.222. The van der Waals surface area contributed by atoms with Crippen molar-refractivity contribution in [1.29, 1.82) is 0 Å².